The molecule has 0 radical (unpaired) electrons. The molecule has 0 bridgehead atoms. The van der Waals surface area contributed by atoms with E-state index in [0.29, 0.717) is 0 Å². The van der Waals surface area contributed by atoms with Crippen LogP contribution in [0.4, 0.5) is 23.7 Å². The molecule has 1 unspecified atom stereocenters. The number of halogens is 3. The minimum atomic E-state index is -4.46. The number of nitrogens with zero attached hydrogens (tertiary/aromatic N) is 1. The van der Waals surface area contributed by atoms with E-state index in [0.717, 1.165) is 29.2 Å². The first kappa shape index (κ1) is 15.1. The van der Waals surface area contributed by atoms with Gasteiger partial charge < -0.3 is 9.84 Å². The van der Waals surface area contributed by atoms with Crippen molar-refractivity contribution in [2.75, 3.05) is 11.4 Å². The van der Waals surface area contributed by atoms with E-state index in [1.54, 1.807) is 0 Å². The minimum Gasteiger partial charge on any atom is -0.481 e. The molecule has 1 aromatic rings. The first-order valence-corrected chi connectivity index (χ1v) is 6.00. The average Bonchev–Trinajstić information content (AvgIpc) is 2.62. The number of benzene rings is 1. The van der Waals surface area contributed by atoms with E-state index in [4.69, 9.17) is 9.84 Å². The molecule has 1 heterocycles. The van der Waals surface area contributed by atoms with Crippen molar-refractivity contribution >= 4 is 17.7 Å². The number of amides is 1. The van der Waals surface area contributed by atoms with Gasteiger partial charge in [-0.1, -0.05) is 0 Å². The number of ether oxygens (including phenoxy) is 1. The van der Waals surface area contributed by atoms with Gasteiger partial charge in [0, 0.05) is 5.69 Å². The summed E-state index contributed by atoms with van der Waals surface area (Å²) in [6.45, 7) is 1.42. The Labute approximate surface area is 117 Å². The second-order valence-electron chi connectivity index (χ2n) is 5.02. The summed E-state index contributed by atoms with van der Waals surface area (Å²) < 4.78 is 42.4. The van der Waals surface area contributed by atoms with Crippen LogP contribution < -0.4 is 4.90 Å². The highest BCUT2D eigenvalue weighted by Gasteiger charge is 2.43. The Hall–Kier alpha value is -2.25. The molecular weight excluding hydrogens is 291 g/mol. The van der Waals surface area contributed by atoms with Crippen molar-refractivity contribution < 1.29 is 32.6 Å². The summed E-state index contributed by atoms with van der Waals surface area (Å²) in [4.78, 5) is 23.6. The minimum absolute atomic E-state index is 0.0382. The van der Waals surface area contributed by atoms with E-state index in [1.165, 1.54) is 6.92 Å². The van der Waals surface area contributed by atoms with Crippen LogP contribution in [0.5, 0.6) is 0 Å². The van der Waals surface area contributed by atoms with Gasteiger partial charge in [0.15, 0.2) is 0 Å². The summed E-state index contributed by atoms with van der Waals surface area (Å²) in [6, 6.07) is 4.01. The van der Waals surface area contributed by atoms with Crippen molar-refractivity contribution in [3.8, 4) is 0 Å². The molecule has 1 amide bonds. The highest BCUT2D eigenvalue weighted by atomic mass is 19.4. The van der Waals surface area contributed by atoms with Gasteiger partial charge in [0.25, 0.3) is 0 Å². The fourth-order valence-corrected chi connectivity index (χ4v) is 2.14. The number of carboxylic acids is 1. The number of hydrogen-bond donors (Lipinski definition) is 1. The zero-order valence-corrected chi connectivity index (χ0v) is 11.0. The van der Waals surface area contributed by atoms with Crippen LogP contribution in [0, 0.1) is 0 Å². The molecule has 0 aliphatic carbocycles. The van der Waals surface area contributed by atoms with Crippen LogP contribution >= 0.6 is 0 Å². The van der Waals surface area contributed by atoms with Gasteiger partial charge >= 0.3 is 18.2 Å². The lowest BCUT2D eigenvalue weighted by Gasteiger charge is -2.19. The van der Waals surface area contributed by atoms with E-state index < -0.39 is 29.4 Å². The van der Waals surface area contributed by atoms with Gasteiger partial charge in [-0.25, -0.2) is 4.79 Å². The quantitative estimate of drug-likeness (QED) is 0.932. The predicted octanol–water partition coefficient (Wildman–Crippen LogP) is 2.90. The van der Waals surface area contributed by atoms with Gasteiger partial charge in [-0.15, -0.1) is 0 Å². The van der Waals surface area contributed by atoms with Crippen LogP contribution in [0.1, 0.15) is 18.9 Å². The molecule has 21 heavy (non-hydrogen) atoms. The molecule has 1 aromatic carbocycles. The van der Waals surface area contributed by atoms with Crippen LogP contribution in [0.3, 0.4) is 0 Å². The molecule has 0 aromatic heterocycles. The molecule has 1 fully saturated rings. The zero-order valence-electron chi connectivity index (χ0n) is 11.0. The maximum atomic E-state index is 12.5. The zero-order chi connectivity index (χ0) is 15.8. The van der Waals surface area contributed by atoms with Gasteiger partial charge in [0.1, 0.15) is 5.60 Å². The average molecular weight is 303 g/mol. The number of rotatable bonds is 3. The lowest BCUT2D eigenvalue weighted by molar-refractivity contribution is -0.141. The third kappa shape index (κ3) is 3.26. The summed E-state index contributed by atoms with van der Waals surface area (Å²) in [5.74, 6) is -1.13. The normalized spacial score (nSPS) is 22.3. The molecular formula is C13H12F3NO4. The van der Waals surface area contributed by atoms with Crippen molar-refractivity contribution in [2.24, 2.45) is 0 Å². The lowest BCUT2D eigenvalue weighted by Crippen LogP contribution is -2.33. The number of hydrogen-bond acceptors (Lipinski definition) is 3. The van der Waals surface area contributed by atoms with E-state index in [9.17, 15) is 22.8 Å². The van der Waals surface area contributed by atoms with Crippen LogP contribution in [0.2, 0.25) is 0 Å². The van der Waals surface area contributed by atoms with Gasteiger partial charge in [-0.05, 0) is 31.2 Å². The summed E-state index contributed by atoms with van der Waals surface area (Å²) in [7, 11) is 0. The Morgan fingerprint density at radius 3 is 2.43 bits per heavy atom. The van der Waals surface area contributed by atoms with Crippen molar-refractivity contribution in [3.05, 3.63) is 29.8 Å². The molecule has 0 saturated carbocycles. The van der Waals surface area contributed by atoms with Crippen molar-refractivity contribution in [1.29, 1.82) is 0 Å². The molecule has 8 heteroatoms. The highest BCUT2D eigenvalue weighted by Crippen LogP contribution is 2.33. The van der Waals surface area contributed by atoms with E-state index in [2.05, 4.69) is 0 Å². The summed E-state index contributed by atoms with van der Waals surface area (Å²) in [5.41, 5.74) is -1.81. The number of aliphatic carboxylic acids is 1. The van der Waals surface area contributed by atoms with E-state index in [1.807, 2.05) is 0 Å². The van der Waals surface area contributed by atoms with Gasteiger partial charge in [-0.3, -0.25) is 9.69 Å². The van der Waals surface area contributed by atoms with Gasteiger partial charge in [0.05, 0.1) is 18.5 Å². The third-order valence-corrected chi connectivity index (χ3v) is 3.08. The van der Waals surface area contributed by atoms with Crippen molar-refractivity contribution in [1.82, 2.24) is 0 Å². The van der Waals surface area contributed by atoms with Crippen molar-refractivity contribution in [3.63, 3.8) is 0 Å². The number of alkyl halides is 3. The Morgan fingerprint density at radius 1 is 1.38 bits per heavy atom. The third-order valence-electron chi connectivity index (χ3n) is 3.08. The topological polar surface area (TPSA) is 66.8 Å². The van der Waals surface area contributed by atoms with Crippen LogP contribution in [0.25, 0.3) is 0 Å². The molecule has 1 aliphatic rings. The van der Waals surface area contributed by atoms with E-state index >= 15 is 0 Å². The molecule has 2 rings (SSSR count). The largest absolute Gasteiger partial charge is 0.481 e. The second-order valence-corrected chi connectivity index (χ2v) is 5.02. The highest BCUT2D eigenvalue weighted by molar-refractivity contribution is 5.90. The van der Waals surface area contributed by atoms with Crippen LogP contribution in [0.15, 0.2) is 24.3 Å². The summed E-state index contributed by atoms with van der Waals surface area (Å²) >= 11 is 0. The summed E-state index contributed by atoms with van der Waals surface area (Å²) in [5, 5.41) is 8.77. The Balaban J connectivity index is 2.19. The number of carboxylic acid groups (broad SMARTS) is 1. The second kappa shape index (κ2) is 4.94. The maximum Gasteiger partial charge on any atom is 0.416 e. The first-order valence-electron chi connectivity index (χ1n) is 6.00. The molecule has 1 atom stereocenters. The number of carbonyl (C=O) groups excluding carboxylic acids is 1. The predicted molar refractivity (Wildman–Crippen MR) is 65.9 cm³/mol. The van der Waals surface area contributed by atoms with Gasteiger partial charge in [0.2, 0.25) is 0 Å². The monoisotopic (exact) mass is 303 g/mol. The Morgan fingerprint density at radius 2 is 1.95 bits per heavy atom. The number of cyclic esters (lactones) is 1. The Kier molecular flexibility index (Phi) is 3.56. The fraction of sp³-hybridized carbons (Fsp3) is 0.385. The molecule has 1 N–H and O–H groups in total. The lowest BCUT2D eigenvalue weighted by atomic mass is 10.0. The van der Waals surface area contributed by atoms with E-state index in [-0.39, 0.29) is 18.7 Å². The smallest absolute Gasteiger partial charge is 0.416 e. The SMILES string of the molecule is CC1(CC(=O)O)CN(c2ccc(C(F)(F)F)cc2)C(=O)O1. The Bertz CT molecular complexity index is 570. The molecule has 1 aliphatic heterocycles. The summed E-state index contributed by atoms with van der Waals surface area (Å²) in [6.07, 6.45) is -5.61. The molecule has 5 nitrogen and oxygen atoms in total. The first-order chi connectivity index (χ1) is 9.61. The molecule has 114 valence electrons. The number of anilines is 1. The van der Waals surface area contributed by atoms with Crippen molar-refractivity contribution in [2.45, 2.75) is 25.1 Å². The van der Waals surface area contributed by atoms with Gasteiger partial charge in [-0.2, -0.15) is 13.2 Å². The number of carbonyl (C=O) groups is 2. The molecule has 0 spiro atoms. The van der Waals surface area contributed by atoms with Crippen LogP contribution in [-0.4, -0.2) is 29.3 Å². The molecule has 1 saturated heterocycles. The van der Waals surface area contributed by atoms with Crippen LogP contribution in [-0.2, 0) is 15.7 Å². The standard InChI is InChI=1S/C13H12F3NO4/c1-12(6-10(18)19)7-17(11(20)21-12)9-4-2-8(3-5-9)13(14,15)16/h2-5H,6-7H2,1H3,(H,18,19). The maximum absolute atomic E-state index is 12.5. The fourth-order valence-electron chi connectivity index (χ4n) is 2.14.